The highest BCUT2D eigenvalue weighted by Crippen LogP contribution is 2.16. The van der Waals surface area contributed by atoms with Crippen molar-refractivity contribution in [3.8, 4) is 0 Å². The Kier molecular flexibility index (Phi) is 3.91. The third-order valence-electron chi connectivity index (χ3n) is 1.93. The van der Waals surface area contributed by atoms with Crippen molar-refractivity contribution in [3.63, 3.8) is 0 Å². The third-order valence-corrected chi connectivity index (χ3v) is 2.85. The topological polar surface area (TPSA) is 42.4 Å². The Hall–Kier alpha value is -1.10. The van der Waals surface area contributed by atoms with E-state index < -0.39 is 5.60 Å². The molecule has 0 bridgehead atoms. The Bertz CT molecular complexity index is 368. The normalized spacial score (nSPS) is 11.3. The Labute approximate surface area is 100 Å². The number of aromatic nitrogens is 1. The predicted octanol–water partition coefficient (Wildman–Crippen LogP) is 2.82. The van der Waals surface area contributed by atoms with Gasteiger partial charge in [-0.3, -0.25) is 0 Å². The number of thiazole rings is 1. The SMILES string of the molecule is Cc1ncsc1CN(C)C(=O)OC(C)(C)C. The van der Waals surface area contributed by atoms with Gasteiger partial charge in [-0.05, 0) is 27.7 Å². The van der Waals surface area contributed by atoms with E-state index in [4.69, 9.17) is 4.74 Å². The minimum Gasteiger partial charge on any atom is -0.444 e. The van der Waals surface area contributed by atoms with E-state index in [1.165, 1.54) is 0 Å². The van der Waals surface area contributed by atoms with Crippen LogP contribution in [0.5, 0.6) is 0 Å². The fourth-order valence-corrected chi connectivity index (χ4v) is 1.93. The van der Waals surface area contributed by atoms with Gasteiger partial charge in [-0.1, -0.05) is 0 Å². The van der Waals surface area contributed by atoms with E-state index in [1.807, 2.05) is 27.7 Å². The molecule has 5 heteroatoms. The molecule has 1 aromatic heterocycles. The highest BCUT2D eigenvalue weighted by molar-refractivity contribution is 7.09. The van der Waals surface area contributed by atoms with E-state index in [0.29, 0.717) is 6.54 Å². The Morgan fingerprint density at radius 2 is 2.19 bits per heavy atom. The molecule has 4 nitrogen and oxygen atoms in total. The highest BCUT2D eigenvalue weighted by atomic mass is 32.1. The van der Waals surface area contributed by atoms with E-state index in [2.05, 4.69) is 4.98 Å². The van der Waals surface area contributed by atoms with E-state index in [1.54, 1.807) is 28.8 Å². The number of amides is 1. The highest BCUT2D eigenvalue weighted by Gasteiger charge is 2.20. The van der Waals surface area contributed by atoms with Crippen molar-refractivity contribution >= 4 is 17.4 Å². The molecule has 0 aromatic carbocycles. The molecule has 1 rings (SSSR count). The van der Waals surface area contributed by atoms with E-state index in [-0.39, 0.29) is 6.09 Å². The fourth-order valence-electron chi connectivity index (χ4n) is 1.10. The summed E-state index contributed by atoms with van der Waals surface area (Å²) in [5.74, 6) is 0. The molecule has 1 amide bonds. The average molecular weight is 242 g/mol. The lowest BCUT2D eigenvalue weighted by atomic mass is 10.2. The van der Waals surface area contributed by atoms with Crippen molar-refractivity contribution in [2.24, 2.45) is 0 Å². The van der Waals surface area contributed by atoms with Gasteiger partial charge >= 0.3 is 6.09 Å². The molecule has 1 heterocycles. The number of carbonyl (C=O) groups is 1. The number of hydrogen-bond acceptors (Lipinski definition) is 4. The summed E-state index contributed by atoms with van der Waals surface area (Å²) in [5, 5.41) is 0. The summed E-state index contributed by atoms with van der Waals surface area (Å²) in [5.41, 5.74) is 2.31. The predicted molar refractivity (Wildman–Crippen MR) is 64.6 cm³/mol. The zero-order valence-electron chi connectivity index (χ0n) is 10.4. The van der Waals surface area contributed by atoms with Crippen LogP contribution in [0.4, 0.5) is 4.79 Å². The number of rotatable bonds is 2. The maximum absolute atomic E-state index is 11.7. The molecule has 1 aromatic rings. The fraction of sp³-hybridized carbons (Fsp3) is 0.636. The zero-order valence-corrected chi connectivity index (χ0v) is 11.2. The Morgan fingerprint density at radius 1 is 1.56 bits per heavy atom. The van der Waals surface area contributed by atoms with Crippen LogP contribution in [0.2, 0.25) is 0 Å². The second kappa shape index (κ2) is 4.82. The largest absolute Gasteiger partial charge is 0.444 e. The summed E-state index contributed by atoms with van der Waals surface area (Å²) in [4.78, 5) is 18.5. The number of carbonyl (C=O) groups excluding carboxylic acids is 1. The molecule has 0 N–H and O–H groups in total. The van der Waals surface area contributed by atoms with Gasteiger partial charge in [-0.15, -0.1) is 11.3 Å². The number of hydrogen-bond donors (Lipinski definition) is 0. The molecule has 0 atom stereocenters. The van der Waals surface area contributed by atoms with Crippen LogP contribution in [0.25, 0.3) is 0 Å². The molecule has 0 spiro atoms. The molecule has 0 saturated heterocycles. The molecular formula is C11H18N2O2S. The van der Waals surface area contributed by atoms with Crippen LogP contribution in [-0.2, 0) is 11.3 Å². The van der Waals surface area contributed by atoms with Gasteiger partial charge in [0.15, 0.2) is 0 Å². The first-order chi connectivity index (χ1) is 7.29. The van der Waals surface area contributed by atoms with Crippen molar-refractivity contribution < 1.29 is 9.53 Å². The van der Waals surface area contributed by atoms with Crippen LogP contribution in [-0.4, -0.2) is 28.6 Å². The van der Waals surface area contributed by atoms with Crippen molar-refractivity contribution in [1.82, 2.24) is 9.88 Å². The van der Waals surface area contributed by atoms with Crippen LogP contribution in [0.15, 0.2) is 5.51 Å². The molecule has 0 fully saturated rings. The lowest BCUT2D eigenvalue weighted by Gasteiger charge is -2.24. The van der Waals surface area contributed by atoms with E-state index >= 15 is 0 Å². The second-order valence-electron chi connectivity index (χ2n) is 4.70. The molecule has 90 valence electrons. The smallest absolute Gasteiger partial charge is 0.410 e. The maximum Gasteiger partial charge on any atom is 0.410 e. The van der Waals surface area contributed by atoms with Crippen LogP contribution < -0.4 is 0 Å². The van der Waals surface area contributed by atoms with Crippen LogP contribution in [0.1, 0.15) is 31.3 Å². The summed E-state index contributed by atoms with van der Waals surface area (Å²) < 4.78 is 5.26. The van der Waals surface area contributed by atoms with Crippen molar-refractivity contribution in [2.45, 2.75) is 39.8 Å². The zero-order chi connectivity index (χ0) is 12.3. The van der Waals surface area contributed by atoms with Gasteiger partial charge in [-0.2, -0.15) is 0 Å². The minimum absolute atomic E-state index is 0.305. The van der Waals surface area contributed by atoms with E-state index in [0.717, 1.165) is 10.6 Å². The van der Waals surface area contributed by atoms with Crippen molar-refractivity contribution in [2.75, 3.05) is 7.05 Å². The Balaban J connectivity index is 2.56. The van der Waals surface area contributed by atoms with Crippen LogP contribution in [0.3, 0.4) is 0 Å². The molecule has 0 saturated carbocycles. The molecule has 0 unspecified atom stereocenters. The summed E-state index contributed by atoms with van der Waals surface area (Å²) in [6.07, 6.45) is -0.305. The minimum atomic E-state index is -0.450. The van der Waals surface area contributed by atoms with Crippen molar-refractivity contribution in [3.05, 3.63) is 16.1 Å². The van der Waals surface area contributed by atoms with E-state index in [9.17, 15) is 4.79 Å². The maximum atomic E-state index is 11.7. The van der Waals surface area contributed by atoms with Crippen LogP contribution >= 0.6 is 11.3 Å². The van der Waals surface area contributed by atoms with Gasteiger partial charge in [-0.25, -0.2) is 9.78 Å². The first-order valence-electron chi connectivity index (χ1n) is 5.12. The number of nitrogens with zero attached hydrogens (tertiary/aromatic N) is 2. The second-order valence-corrected chi connectivity index (χ2v) is 5.64. The first-order valence-corrected chi connectivity index (χ1v) is 6.00. The van der Waals surface area contributed by atoms with Gasteiger partial charge in [0.2, 0.25) is 0 Å². The quantitative estimate of drug-likeness (QED) is 0.801. The van der Waals surface area contributed by atoms with Gasteiger partial charge in [0.1, 0.15) is 5.60 Å². The van der Waals surface area contributed by atoms with Gasteiger partial charge < -0.3 is 9.64 Å². The van der Waals surface area contributed by atoms with Gasteiger partial charge in [0.05, 0.1) is 17.7 Å². The third kappa shape index (κ3) is 3.81. The average Bonchev–Trinajstić information content (AvgIpc) is 2.49. The molecule has 0 radical (unpaired) electrons. The monoisotopic (exact) mass is 242 g/mol. The molecule has 16 heavy (non-hydrogen) atoms. The number of ether oxygens (including phenoxy) is 1. The lowest BCUT2D eigenvalue weighted by Crippen LogP contribution is -2.33. The molecular weight excluding hydrogens is 224 g/mol. The van der Waals surface area contributed by atoms with Gasteiger partial charge in [0, 0.05) is 11.9 Å². The number of aryl methyl sites for hydroxylation is 1. The molecule has 0 aliphatic heterocycles. The first kappa shape index (κ1) is 13.0. The summed E-state index contributed by atoms with van der Waals surface area (Å²) in [7, 11) is 1.73. The van der Waals surface area contributed by atoms with Crippen molar-refractivity contribution in [1.29, 1.82) is 0 Å². The summed E-state index contributed by atoms with van der Waals surface area (Å²) >= 11 is 1.55. The van der Waals surface area contributed by atoms with Crippen LogP contribution in [0, 0.1) is 6.92 Å². The summed E-state index contributed by atoms with van der Waals surface area (Å²) in [6.45, 7) is 8.06. The summed E-state index contributed by atoms with van der Waals surface area (Å²) in [6, 6.07) is 0. The standard InChI is InChI=1S/C11H18N2O2S/c1-8-9(16-7-12-8)6-13(5)10(14)15-11(2,3)4/h7H,6H2,1-5H3. The molecule has 0 aliphatic rings. The van der Waals surface area contributed by atoms with Gasteiger partial charge in [0.25, 0.3) is 0 Å². The Morgan fingerprint density at radius 3 is 2.62 bits per heavy atom. The lowest BCUT2D eigenvalue weighted by molar-refractivity contribution is 0.0286. The molecule has 0 aliphatic carbocycles.